The maximum Gasteiger partial charge on any atom is 0.264 e. The van der Waals surface area contributed by atoms with Gasteiger partial charge < -0.3 is 4.74 Å². The highest BCUT2D eigenvalue weighted by molar-refractivity contribution is 7.92. The minimum Gasteiger partial charge on any atom is -0.376 e. The molecule has 0 aromatic heterocycles. The maximum atomic E-state index is 13.0. The molecule has 2 aromatic carbocycles. The van der Waals surface area contributed by atoms with Crippen LogP contribution in [0.3, 0.4) is 0 Å². The summed E-state index contributed by atoms with van der Waals surface area (Å²) in [5, 5.41) is 0. The van der Waals surface area contributed by atoms with Gasteiger partial charge >= 0.3 is 0 Å². The first kappa shape index (κ1) is 15.1. The van der Waals surface area contributed by atoms with Gasteiger partial charge in [0.2, 0.25) is 0 Å². The van der Waals surface area contributed by atoms with Crippen LogP contribution in [0.2, 0.25) is 0 Å². The van der Waals surface area contributed by atoms with Crippen LogP contribution in [0.4, 0.5) is 5.69 Å². The molecule has 4 nitrogen and oxygen atoms in total. The summed E-state index contributed by atoms with van der Waals surface area (Å²) in [5.74, 6) is 0. The van der Waals surface area contributed by atoms with Crippen LogP contribution < -0.4 is 4.31 Å². The molecule has 1 aliphatic rings. The SMILES string of the molecule is O=S(=O)(c1ccccc1)N(CC1CCCO1)c1ccccc1. The number of sulfonamides is 1. The molecule has 1 unspecified atom stereocenters. The van der Waals surface area contributed by atoms with Crippen molar-refractivity contribution in [1.29, 1.82) is 0 Å². The average Bonchev–Trinajstić information content (AvgIpc) is 3.07. The zero-order chi connectivity index (χ0) is 15.4. The van der Waals surface area contributed by atoms with E-state index < -0.39 is 10.0 Å². The molecular weight excluding hydrogens is 298 g/mol. The number of nitrogens with zero attached hydrogens (tertiary/aromatic N) is 1. The van der Waals surface area contributed by atoms with Gasteiger partial charge in [0, 0.05) is 6.61 Å². The van der Waals surface area contributed by atoms with E-state index in [0.29, 0.717) is 23.7 Å². The van der Waals surface area contributed by atoms with E-state index in [1.54, 1.807) is 24.3 Å². The summed E-state index contributed by atoms with van der Waals surface area (Å²) in [6, 6.07) is 17.7. The Morgan fingerprint density at radius 3 is 2.23 bits per heavy atom. The van der Waals surface area contributed by atoms with Gasteiger partial charge in [-0.1, -0.05) is 36.4 Å². The largest absolute Gasteiger partial charge is 0.376 e. The Balaban J connectivity index is 1.97. The van der Waals surface area contributed by atoms with Crippen molar-refractivity contribution < 1.29 is 13.2 Å². The molecule has 5 heteroatoms. The summed E-state index contributed by atoms with van der Waals surface area (Å²) >= 11 is 0. The molecule has 0 spiro atoms. The first-order valence-electron chi connectivity index (χ1n) is 7.42. The number of rotatable bonds is 5. The van der Waals surface area contributed by atoms with Crippen LogP contribution in [-0.2, 0) is 14.8 Å². The highest BCUT2D eigenvalue weighted by Gasteiger charge is 2.29. The minimum atomic E-state index is -3.59. The number of ether oxygens (including phenoxy) is 1. The Labute approximate surface area is 131 Å². The lowest BCUT2D eigenvalue weighted by molar-refractivity contribution is 0.118. The lowest BCUT2D eigenvalue weighted by atomic mass is 10.2. The number of anilines is 1. The highest BCUT2D eigenvalue weighted by atomic mass is 32.2. The van der Waals surface area contributed by atoms with Crippen LogP contribution in [0, 0.1) is 0 Å². The van der Waals surface area contributed by atoms with Gasteiger partial charge in [0.1, 0.15) is 0 Å². The van der Waals surface area contributed by atoms with Crippen LogP contribution >= 0.6 is 0 Å². The van der Waals surface area contributed by atoms with E-state index in [0.717, 1.165) is 12.8 Å². The Hall–Kier alpha value is -1.85. The molecule has 1 heterocycles. The van der Waals surface area contributed by atoms with Crippen molar-refractivity contribution in [1.82, 2.24) is 0 Å². The van der Waals surface area contributed by atoms with Crippen molar-refractivity contribution in [2.24, 2.45) is 0 Å². The molecule has 0 bridgehead atoms. The molecule has 116 valence electrons. The first-order chi connectivity index (χ1) is 10.7. The summed E-state index contributed by atoms with van der Waals surface area (Å²) in [7, 11) is -3.59. The smallest absolute Gasteiger partial charge is 0.264 e. The van der Waals surface area contributed by atoms with Crippen molar-refractivity contribution in [2.45, 2.75) is 23.8 Å². The van der Waals surface area contributed by atoms with Gasteiger partial charge in [0.15, 0.2) is 0 Å². The lowest BCUT2D eigenvalue weighted by Gasteiger charge is -2.27. The fourth-order valence-electron chi connectivity index (χ4n) is 2.63. The average molecular weight is 317 g/mol. The number of hydrogen-bond donors (Lipinski definition) is 0. The summed E-state index contributed by atoms with van der Waals surface area (Å²) in [6.45, 7) is 1.06. The monoisotopic (exact) mass is 317 g/mol. The minimum absolute atomic E-state index is 0.0429. The molecule has 2 aromatic rings. The van der Waals surface area contributed by atoms with Crippen LogP contribution in [0.1, 0.15) is 12.8 Å². The second kappa shape index (κ2) is 6.50. The predicted octanol–water partition coefficient (Wildman–Crippen LogP) is 3.06. The quantitative estimate of drug-likeness (QED) is 0.851. The molecule has 1 fully saturated rings. The molecule has 0 aliphatic carbocycles. The molecule has 22 heavy (non-hydrogen) atoms. The summed E-state index contributed by atoms with van der Waals surface area (Å²) in [6.07, 6.45) is 1.84. The Bertz CT molecular complexity index is 695. The normalized spacial score (nSPS) is 18.3. The standard InChI is InChI=1S/C17H19NO3S/c19-22(20,17-11-5-2-6-12-17)18(14-16-10-7-13-21-16)15-8-3-1-4-9-15/h1-6,8-9,11-12,16H,7,10,13-14H2. The van der Waals surface area contributed by atoms with E-state index in [2.05, 4.69) is 0 Å². The molecule has 1 aliphatic heterocycles. The zero-order valence-electron chi connectivity index (χ0n) is 12.3. The zero-order valence-corrected chi connectivity index (χ0v) is 13.1. The van der Waals surface area contributed by atoms with Crippen LogP contribution in [-0.4, -0.2) is 27.7 Å². The van der Waals surface area contributed by atoms with Gasteiger partial charge in [-0.05, 0) is 37.1 Å². The Morgan fingerprint density at radius 2 is 1.64 bits per heavy atom. The molecule has 0 N–H and O–H groups in total. The second-order valence-corrected chi connectivity index (χ2v) is 7.18. The predicted molar refractivity (Wildman–Crippen MR) is 86.4 cm³/mol. The van der Waals surface area contributed by atoms with Crippen molar-refractivity contribution in [3.8, 4) is 0 Å². The summed E-state index contributed by atoms with van der Waals surface area (Å²) in [4.78, 5) is 0.303. The first-order valence-corrected chi connectivity index (χ1v) is 8.86. The van der Waals surface area contributed by atoms with E-state index in [1.807, 2.05) is 36.4 Å². The van der Waals surface area contributed by atoms with E-state index in [-0.39, 0.29) is 6.10 Å². The second-order valence-electron chi connectivity index (χ2n) is 5.32. The van der Waals surface area contributed by atoms with Crippen molar-refractivity contribution in [3.05, 3.63) is 60.7 Å². The maximum absolute atomic E-state index is 13.0. The molecule has 0 saturated carbocycles. The van der Waals surface area contributed by atoms with Crippen molar-refractivity contribution in [3.63, 3.8) is 0 Å². The van der Waals surface area contributed by atoms with Crippen molar-refractivity contribution >= 4 is 15.7 Å². The van der Waals surface area contributed by atoms with Crippen molar-refractivity contribution in [2.75, 3.05) is 17.5 Å². The molecule has 1 saturated heterocycles. The van der Waals surface area contributed by atoms with Gasteiger partial charge in [0.05, 0.1) is 23.2 Å². The van der Waals surface area contributed by atoms with Crippen LogP contribution in [0.15, 0.2) is 65.6 Å². The van der Waals surface area contributed by atoms with Gasteiger partial charge in [-0.15, -0.1) is 0 Å². The summed E-state index contributed by atoms with van der Waals surface area (Å²) < 4.78 is 33.1. The van der Waals surface area contributed by atoms with Crippen LogP contribution in [0.25, 0.3) is 0 Å². The molecule has 1 atom stereocenters. The third kappa shape index (κ3) is 3.15. The van der Waals surface area contributed by atoms with Gasteiger partial charge in [-0.3, -0.25) is 4.31 Å². The van der Waals surface area contributed by atoms with Gasteiger partial charge in [-0.25, -0.2) is 8.42 Å². The van der Waals surface area contributed by atoms with E-state index in [1.165, 1.54) is 4.31 Å². The topological polar surface area (TPSA) is 46.6 Å². The third-order valence-corrected chi connectivity index (χ3v) is 5.58. The third-order valence-electron chi connectivity index (χ3n) is 3.77. The van der Waals surface area contributed by atoms with E-state index in [9.17, 15) is 8.42 Å². The molecular formula is C17H19NO3S. The Kier molecular flexibility index (Phi) is 4.45. The fraction of sp³-hybridized carbons (Fsp3) is 0.294. The Morgan fingerprint density at radius 1 is 1.00 bits per heavy atom. The number of benzene rings is 2. The van der Waals surface area contributed by atoms with Crippen LogP contribution in [0.5, 0.6) is 0 Å². The number of para-hydroxylation sites is 1. The molecule has 0 radical (unpaired) electrons. The lowest BCUT2D eigenvalue weighted by Crippen LogP contribution is -2.37. The molecule has 3 rings (SSSR count). The summed E-state index contributed by atoms with van der Waals surface area (Å²) in [5.41, 5.74) is 0.668. The van der Waals surface area contributed by atoms with E-state index >= 15 is 0 Å². The molecule has 0 amide bonds. The highest BCUT2D eigenvalue weighted by Crippen LogP contribution is 2.26. The van der Waals surface area contributed by atoms with Gasteiger partial charge in [0.25, 0.3) is 10.0 Å². The van der Waals surface area contributed by atoms with Gasteiger partial charge in [-0.2, -0.15) is 0 Å². The van der Waals surface area contributed by atoms with E-state index in [4.69, 9.17) is 4.74 Å². The number of hydrogen-bond acceptors (Lipinski definition) is 3. The fourth-order valence-corrected chi connectivity index (χ4v) is 4.15.